The van der Waals surface area contributed by atoms with Crippen LogP contribution in [0.5, 0.6) is 5.75 Å². The SMILES string of the molecule is COc1ccc(C)cc1-c1c(N)n[nH]c1C(F)(F)F. The number of rotatable bonds is 2. The first-order valence-electron chi connectivity index (χ1n) is 5.40. The van der Waals surface area contributed by atoms with Crippen molar-refractivity contribution < 1.29 is 17.9 Å². The van der Waals surface area contributed by atoms with E-state index in [2.05, 4.69) is 5.10 Å². The van der Waals surface area contributed by atoms with E-state index < -0.39 is 11.9 Å². The third-order valence-electron chi connectivity index (χ3n) is 2.70. The summed E-state index contributed by atoms with van der Waals surface area (Å²) in [6.45, 7) is 1.77. The number of ether oxygens (including phenoxy) is 1. The number of nitrogens with one attached hydrogen (secondary N) is 1. The summed E-state index contributed by atoms with van der Waals surface area (Å²) in [6, 6.07) is 4.92. The van der Waals surface area contributed by atoms with Crippen molar-refractivity contribution >= 4 is 5.82 Å². The minimum Gasteiger partial charge on any atom is -0.496 e. The summed E-state index contributed by atoms with van der Waals surface area (Å²) in [4.78, 5) is 0. The highest BCUT2D eigenvalue weighted by Gasteiger charge is 2.38. The second kappa shape index (κ2) is 4.49. The molecule has 1 aromatic heterocycles. The monoisotopic (exact) mass is 271 g/mol. The number of halogens is 3. The summed E-state index contributed by atoms with van der Waals surface area (Å²) in [5.41, 5.74) is 5.44. The molecule has 4 nitrogen and oxygen atoms in total. The van der Waals surface area contributed by atoms with Crippen LogP contribution in [0.15, 0.2) is 18.2 Å². The number of nitrogen functional groups attached to an aromatic ring is 1. The first-order valence-corrected chi connectivity index (χ1v) is 5.40. The molecular formula is C12H12F3N3O. The molecule has 19 heavy (non-hydrogen) atoms. The number of alkyl halides is 3. The van der Waals surface area contributed by atoms with Crippen LogP contribution in [-0.4, -0.2) is 17.3 Å². The van der Waals surface area contributed by atoms with Crippen LogP contribution in [0.1, 0.15) is 11.3 Å². The Bertz CT molecular complexity index is 605. The molecule has 0 aliphatic rings. The number of aryl methyl sites for hydroxylation is 1. The molecule has 0 unspecified atom stereocenters. The molecular weight excluding hydrogens is 259 g/mol. The number of methoxy groups -OCH3 is 1. The zero-order valence-electron chi connectivity index (χ0n) is 10.3. The first kappa shape index (κ1) is 13.3. The minimum atomic E-state index is -4.56. The van der Waals surface area contributed by atoms with Gasteiger partial charge >= 0.3 is 6.18 Å². The Morgan fingerprint density at radius 1 is 1.32 bits per heavy atom. The Morgan fingerprint density at radius 2 is 2.00 bits per heavy atom. The summed E-state index contributed by atoms with van der Waals surface area (Å²) in [7, 11) is 1.39. The summed E-state index contributed by atoms with van der Waals surface area (Å²) in [6.07, 6.45) is -4.56. The van der Waals surface area contributed by atoms with Crippen LogP contribution in [0.3, 0.4) is 0 Å². The van der Waals surface area contributed by atoms with Gasteiger partial charge in [-0.15, -0.1) is 0 Å². The lowest BCUT2D eigenvalue weighted by Crippen LogP contribution is -2.08. The standard InChI is InChI=1S/C12H12F3N3O/c1-6-3-4-8(19-2)7(5-6)9-10(12(13,14)15)17-18-11(9)16/h3-5H,1-2H3,(H3,16,17,18). The fourth-order valence-electron chi connectivity index (χ4n) is 1.85. The van der Waals surface area contributed by atoms with Gasteiger partial charge in [0.05, 0.1) is 12.7 Å². The number of hydrogen-bond acceptors (Lipinski definition) is 3. The molecule has 0 bridgehead atoms. The van der Waals surface area contributed by atoms with Crippen LogP contribution in [0.4, 0.5) is 19.0 Å². The van der Waals surface area contributed by atoms with E-state index in [0.717, 1.165) is 5.56 Å². The second-order valence-electron chi connectivity index (χ2n) is 4.06. The Balaban J connectivity index is 2.72. The van der Waals surface area contributed by atoms with Crippen molar-refractivity contribution in [2.45, 2.75) is 13.1 Å². The van der Waals surface area contributed by atoms with Crippen LogP contribution in [0.25, 0.3) is 11.1 Å². The van der Waals surface area contributed by atoms with Crippen LogP contribution < -0.4 is 10.5 Å². The van der Waals surface area contributed by atoms with E-state index >= 15 is 0 Å². The summed E-state index contributed by atoms with van der Waals surface area (Å²) < 4.78 is 43.8. The normalized spacial score (nSPS) is 11.6. The van der Waals surface area contributed by atoms with Gasteiger partial charge in [-0.3, -0.25) is 5.10 Å². The lowest BCUT2D eigenvalue weighted by atomic mass is 10.0. The molecule has 1 heterocycles. The predicted octanol–water partition coefficient (Wildman–Crippen LogP) is 2.99. The van der Waals surface area contributed by atoms with Gasteiger partial charge in [0.2, 0.25) is 0 Å². The largest absolute Gasteiger partial charge is 0.496 e. The van der Waals surface area contributed by atoms with Crippen LogP contribution >= 0.6 is 0 Å². The molecule has 0 amide bonds. The maximum absolute atomic E-state index is 12.9. The molecule has 102 valence electrons. The summed E-state index contributed by atoms with van der Waals surface area (Å²) in [5.74, 6) is 0.0976. The van der Waals surface area contributed by atoms with Gasteiger partial charge in [0.1, 0.15) is 11.4 Å². The zero-order valence-corrected chi connectivity index (χ0v) is 10.3. The van der Waals surface area contributed by atoms with Gasteiger partial charge < -0.3 is 10.5 Å². The number of H-pyrrole nitrogens is 1. The molecule has 0 fully saturated rings. The predicted molar refractivity (Wildman–Crippen MR) is 64.7 cm³/mol. The molecule has 0 saturated carbocycles. The zero-order chi connectivity index (χ0) is 14.2. The minimum absolute atomic E-state index is 0.187. The van der Waals surface area contributed by atoms with Crippen molar-refractivity contribution in [3.8, 4) is 16.9 Å². The quantitative estimate of drug-likeness (QED) is 0.882. The first-order chi connectivity index (χ1) is 8.84. The molecule has 1 aromatic carbocycles. The lowest BCUT2D eigenvalue weighted by Gasteiger charge is -2.12. The van der Waals surface area contributed by atoms with Gasteiger partial charge in [0, 0.05) is 5.56 Å². The fourth-order valence-corrected chi connectivity index (χ4v) is 1.85. The van der Waals surface area contributed by atoms with E-state index in [1.807, 2.05) is 5.10 Å². The van der Waals surface area contributed by atoms with Crippen LogP contribution in [0.2, 0.25) is 0 Å². The van der Waals surface area contributed by atoms with Gasteiger partial charge in [-0.1, -0.05) is 11.6 Å². The average Bonchev–Trinajstić information content (AvgIpc) is 2.70. The maximum Gasteiger partial charge on any atom is 0.433 e. The van der Waals surface area contributed by atoms with Crippen molar-refractivity contribution in [1.29, 1.82) is 0 Å². The van der Waals surface area contributed by atoms with Crippen LogP contribution in [-0.2, 0) is 6.18 Å². The molecule has 2 aromatic rings. The Kier molecular flexibility index (Phi) is 3.13. The highest BCUT2D eigenvalue weighted by Crippen LogP contribution is 2.42. The average molecular weight is 271 g/mol. The molecule has 7 heteroatoms. The van der Waals surface area contributed by atoms with Crippen molar-refractivity contribution in [3.63, 3.8) is 0 Å². The third-order valence-corrected chi connectivity index (χ3v) is 2.70. The van der Waals surface area contributed by atoms with Gasteiger partial charge in [-0.05, 0) is 19.1 Å². The Labute approximate surface area is 107 Å². The van der Waals surface area contributed by atoms with Gasteiger partial charge in [0.15, 0.2) is 5.82 Å². The highest BCUT2D eigenvalue weighted by molar-refractivity contribution is 5.81. The number of nitrogens with zero attached hydrogens (tertiary/aromatic N) is 1. The molecule has 0 saturated heterocycles. The van der Waals surface area contributed by atoms with Crippen LogP contribution in [0, 0.1) is 6.92 Å². The van der Waals surface area contributed by atoms with E-state index in [1.54, 1.807) is 25.1 Å². The van der Waals surface area contributed by atoms with E-state index in [9.17, 15) is 13.2 Å². The molecule has 2 rings (SSSR count). The van der Waals surface area contributed by atoms with E-state index in [0.29, 0.717) is 5.75 Å². The summed E-state index contributed by atoms with van der Waals surface area (Å²) >= 11 is 0. The Hall–Kier alpha value is -2.18. The summed E-state index contributed by atoms with van der Waals surface area (Å²) in [5, 5.41) is 5.37. The smallest absolute Gasteiger partial charge is 0.433 e. The van der Waals surface area contributed by atoms with Crippen molar-refractivity contribution in [2.75, 3.05) is 12.8 Å². The van der Waals surface area contributed by atoms with Crippen molar-refractivity contribution in [1.82, 2.24) is 10.2 Å². The number of aromatic nitrogens is 2. The number of aromatic amines is 1. The molecule has 0 aliphatic carbocycles. The molecule has 0 radical (unpaired) electrons. The van der Waals surface area contributed by atoms with Crippen molar-refractivity contribution in [3.05, 3.63) is 29.5 Å². The number of anilines is 1. The van der Waals surface area contributed by atoms with Gasteiger partial charge in [-0.25, -0.2) is 0 Å². The fraction of sp³-hybridized carbons (Fsp3) is 0.250. The highest BCUT2D eigenvalue weighted by atomic mass is 19.4. The topological polar surface area (TPSA) is 63.9 Å². The molecule has 0 spiro atoms. The van der Waals surface area contributed by atoms with Crippen molar-refractivity contribution in [2.24, 2.45) is 0 Å². The lowest BCUT2D eigenvalue weighted by molar-refractivity contribution is -0.140. The number of hydrogen-bond donors (Lipinski definition) is 2. The molecule has 0 atom stereocenters. The van der Waals surface area contributed by atoms with Gasteiger partial charge in [0.25, 0.3) is 0 Å². The van der Waals surface area contributed by atoms with Gasteiger partial charge in [-0.2, -0.15) is 18.3 Å². The van der Waals surface area contributed by atoms with E-state index in [-0.39, 0.29) is 16.9 Å². The Morgan fingerprint density at radius 3 is 2.58 bits per heavy atom. The number of benzene rings is 1. The maximum atomic E-state index is 12.9. The third kappa shape index (κ3) is 2.35. The molecule has 0 aliphatic heterocycles. The number of nitrogens with two attached hydrogens (primary N) is 1. The van der Waals surface area contributed by atoms with E-state index in [4.69, 9.17) is 10.5 Å². The second-order valence-corrected chi connectivity index (χ2v) is 4.06. The van der Waals surface area contributed by atoms with E-state index in [1.165, 1.54) is 7.11 Å². The molecule has 3 N–H and O–H groups in total.